The molecular formula is C17H19Cl2NO. The van der Waals surface area contributed by atoms with Gasteiger partial charge in [0.25, 0.3) is 0 Å². The van der Waals surface area contributed by atoms with Crippen LogP contribution in [0.3, 0.4) is 0 Å². The average molecular weight is 324 g/mol. The smallest absolute Gasteiger partial charge is 0.120 e. The van der Waals surface area contributed by atoms with E-state index in [9.17, 15) is 0 Å². The lowest BCUT2D eigenvalue weighted by molar-refractivity contribution is 0.210. The van der Waals surface area contributed by atoms with E-state index in [2.05, 4.69) is 25.2 Å². The topological polar surface area (TPSA) is 21.3 Å². The molecule has 0 heterocycles. The van der Waals surface area contributed by atoms with Crippen LogP contribution in [0.4, 0.5) is 5.69 Å². The van der Waals surface area contributed by atoms with Gasteiger partial charge in [-0.25, -0.2) is 0 Å². The Morgan fingerprint density at radius 1 is 1.10 bits per heavy atom. The van der Waals surface area contributed by atoms with Gasteiger partial charge in [0, 0.05) is 5.69 Å². The van der Waals surface area contributed by atoms with E-state index in [1.54, 1.807) is 6.07 Å². The van der Waals surface area contributed by atoms with Crippen LogP contribution in [0.2, 0.25) is 10.0 Å². The van der Waals surface area contributed by atoms with Crippen molar-refractivity contribution in [3.63, 3.8) is 0 Å². The lowest BCUT2D eigenvalue weighted by Gasteiger charge is -2.19. The molecule has 2 nitrogen and oxygen atoms in total. The van der Waals surface area contributed by atoms with Gasteiger partial charge in [-0.3, -0.25) is 0 Å². The maximum atomic E-state index is 6.01. The molecule has 0 bridgehead atoms. The Kier molecular flexibility index (Phi) is 5.77. The second-order valence-corrected chi connectivity index (χ2v) is 5.79. The number of hydrogen-bond acceptors (Lipinski definition) is 2. The summed E-state index contributed by atoms with van der Waals surface area (Å²) >= 11 is 11.9. The Morgan fingerprint density at radius 3 is 2.57 bits per heavy atom. The van der Waals surface area contributed by atoms with Crippen molar-refractivity contribution in [2.45, 2.75) is 26.4 Å². The SMILES string of the molecule is CC[C@@H](CNc1ccc(Cl)c(Cl)c1)Oc1cccc(C)c1. The van der Waals surface area contributed by atoms with Crippen molar-refractivity contribution in [2.75, 3.05) is 11.9 Å². The number of ether oxygens (including phenoxy) is 1. The quantitative estimate of drug-likeness (QED) is 0.750. The summed E-state index contributed by atoms with van der Waals surface area (Å²) < 4.78 is 6.00. The monoisotopic (exact) mass is 323 g/mol. The number of nitrogens with one attached hydrogen (secondary N) is 1. The molecule has 0 unspecified atom stereocenters. The fraction of sp³-hybridized carbons (Fsp3) is 0.294. The van der Waals surface area contributed by atoms with Gasteiger partial charge >= 0.3 is 0 Å². The number of benzene rings is 2. The largest absolute Gasteiger partial charge is 0.489 e. The maximum Gasteiger partial charge on any atom is 0.120 e. The Bertz CT molecular complexity index is 601. The lowest BCUT2D eigenvalue weighted by atomic mass is 10.2. The second kappa shape index (κ2) is 7.58. The van der Waals surface area contributed by atoms with Crippen LogP contribution in [0.15, 0.2) is 42.5 Å². The Hall–Kier alpha value is -1.38. The Morgan fingerprint density at radius 2 is 1.90 bits per heavy atom. The fourth-order valence-corrected chi connectivity index (χ4v) is 2.29. The molecule has 0 aromatic heterocycles. The Balaban J connectivity index is 1.94. The predicted octanol–water partition coefficient (Wildman–Crippen LogP) is 5.57. The lowest BCUT2D eigenvalue weighted by Crippen LogP contribution is -2.25. The first-order valence-electron chi connectivity index (χ1n) is 7.00. The van der Waals surface area contributed by atoms with Crippen LogP contribution in [-0.4, -0.2) is 12.6 Å². The molecule has 0 saturated heterocycles. The summed E-state index contributed by atoms with van der Waals surface area (Å²) in [6.07, 6.45) is 1.02. The summed E-state index contributed by atoms with van der Waals surface area (Å²) in [6, 6.07) is 13.6. The highest BCUT2D eigenvalue weighted by molar-refractivity contribution is 6.42. The van der Waals surface area contributed by atoms with Crippen molar-refractivity contribution < 1.29 is 4.74 Å². The molecule has 0 aliphatic heterocycles. The number of aryl methyl sites for hydroxylation is 1. The summed E-state index contributed by atoms with van der Waals surface area (Å²) in [5.41, 5.74) is 2.13. The minimum absolute atomic E-state index is 0.0984. The number of rotatable bonds is 6. The molecule has 2 rings (SSSR count). The van der Waals surface area contributed by atoms with Gasteiger partial charge in [-0.05, 0) is 49.2 Å². The molecule has 21 heavy (non-hydrogen) atoms. The molecule has 112 valence electrons. The van der Waals surface area contributed by atoms with E-state index < -0.39 is 0 Å². The molecule has 0 amide bonds. The van der Waals surface area contributed by atoms with Crippen molar-refractivity contribution in [3.8, 4) is 5.75 Å². The highest BCUT2D eigenvalue weighted by Gasteiger charge is 2.09. The van der Waals surface area contributed by atoms with E-state index in [0.717, 1.165) is 17.9 Å². The van der Waals surface area contributed by atoms with Crippen LogP contribution < -0.4 is 10.1 Å². The molecule has 2 aromatic rings. The minimum atomic E-state index is 0.0984. The molecule has 2 aromatic carbocycles. The zero-order valence-electron chi connectivity index (χ0n) is 12.2. The minimum Gasteiger partial charge on any atom is -0.489 e. The number of hydrogen-bond donors (Lipinski definition) is 1. The first kappa shape index (κ1) is 16.0. The number of anilines is 1. The van der Waals surface area contributed by atoms with Crippen LogP contribution in [0.1, 0.15) is 18.9 Å². The first-order chi connectivity index (χ1) is 10.1. The molecule has 1 atom stereocenters. The highest BCUT2D eigenvalue weighted by Crippen LogP contribution is 2.25. The van der Waals surface area contributed by atoms with Crippen molar-refractivity contribution in [1.82, 2.24) is 0 Å². The first-order valence-corrected chi connectivity index (χ1v) is 7.76. The molecule has 1 N–H and O–H groups in total. The summed E-state index contributed by atoms with van der Waals surface area (Å²) in [4.78, 5) is 0. The van der Waals surface area contributed by atoms with Crippen LogP contribution in [0.25, 0.3) is 0 Å². The van der Waals surface area contributed by atoms with E-state index in [-0.39, 0.29) is 6.10 Å². The third-order valence-electron chi connectivity index (χ3n) is 3.20. The maximum absolute atomic E-state index is 6.01. The van der Waals surface area contributed by atoms with Gasteiger partial charge in [0.1, 0.15) is 11.9 Å². The van der Waals surface area contributed by atoms with Crippen LogP contribution in [-0.2, 0) is 0 Å². The molecule has 0 spiro atoms. The average Bonchev–Trinajstić information content (AvgIpc) is 2.47. The van der Waals surface area contributed by atoms with Crippen molar-refractivity contribution in [3.05, 3.63) is 58.1 Å². The van der Waals surface area contributed by atoms with Gasteiger partial charge in [-0.15, -0.1) is 0 Å². The molecular weight excluding hydrogens is 305 g/mol. The van der Waals surface area contributed by atoms with Gasteiger partial charge < -0.3 is 10.1 Å². The Labute approximate surface area is 136 Å². The van der Waals surface area contributed by atoms with Crippen molar-refractivity contribution >= 4 is 28.9 Å². The molecule has 0 aliphatic carbocycles. The zero-order valence-corrected chi connectivity index (χ0v) is 13.7. The second-order valence-electron chi connectivity index (χ2n) is 4.97. The summed E-state index contributed by atoms with van der Waals surface area (Å²) in [5, 5.41) is 4.44. The van der Waals surface area contributed by atoms with Gasteiger partial charge in [-0.1, -0.05) is 42.3 Å². The molecule has 0 fully saturated rings. The van der Waals surface area contributed by atoms with Crippen LogP contribution in [0.5, 0.6) is 5.75 Å². The van der Waals surface area contributed by atoms with E-state index in [4.69, 9.17) is 27.9 Å². The van der Waals surface area contributed by atoms with E-state index in [1.807, 2.05) is 30.3 Å². The molecule has 0 radical (unpaired) electrons. The number of halogens is 2. The van der Waals surface area contributed by atoms with E-state index >= 15 is 0 Å². The predicted molar refractivity (Wildman–Crippen MR) is 90.8 cm³/mol. The van der Waals surface area contributed by atoms with Crippen molar-refractivity contribution in [1.29, 1.82) is 0 Å². The normalized spacial score (nSPS) is 12.0. The zero-order chi connectivity index (χ0) is 15.2. The van der Waals surface area contributed by atoms with Crippen LogP contribution >= 0.6 is 23.2 Å². The van der Waals surface area contributed by atoms with Crippen LogP contribution in [0, 0.1) is 6.92 Å². The van der Waals surface area contributed by atoms with Gasteiger partial charge in [-0.2, -0.15) is 0 Å². The fourth-order valence-electron chi connectivity index (χ4n) is 1.99. The third kappa shape index (κ3) is 4.83. The van der Waals surface area contributed by atoms with Gasteiger partial charge in [0.2, 0.25) is 0 Å². The van der Waals surface area contributed by atoms with E-state index in [0.29, 0.717) is 16.6 Å². The van der Waals surface area contributed by atoms with Crippen molar-refractivity contribution in [2.24, 2.45) is 0 Å². The highest BCUT2D eigenvalue weighted by atomic mass is 35.5. The summed E-state index contributed by atoms with van der Waals surface area (Å²) in [5.74, 6) is 0.901. The third-order valence-corrected chi connectivity index (χ3v) is 3.94. The molecule has 0 saturated carbocycles. The van der Waals surface area contributed by atoms with E-state index in [1.165, 1.54) is 5.56 Å². The summed E-state index contributed by atoms with van der Waals surface area (Å²) in [7, 11) is 0. The standard InChI is InChI=1S/C17H19Cl2NO/c1-3-14(21-15-6-4-5-12(2)9-15)11-20-13-7-8-16(18)17(19)10-13/h4-10,14,20H,3,11H2,1-2H3/t14-/m0/s1. The van der Waals surface area contributed by atoms with Gasteiger partial charge in [0.15, 0.2) is 0 Å². The molecule has 4 heteroatoms. The van der Waals surface area contributed by atoms with Gasteiger partial charge in [0.05, 0.1) is 16.6 Å². The summed E-state index contributed by atoms with van der Waals surface area (Å²) in [6.45, 7) is 4.88. The molecule has 0 aliphatic rings.